The maximum Gasteiger partial charge on any atom is 0.187 e. The Morgan fingerprint density at radius 2 is 1.85 bits per heavy atom. The molecule has 3 aromatic rings. The number of hydrogen-bond acceptors (Lipinski definition) is 5. The van der Waals surface area contributed by atoms with Gasteiger partial charge in [-0.2, -0.15) is 5.10 Å². The summed E-state index contributed by atoms with van der Waals surface area (Å²) >= 11 is 6.84. The van der Waals surface area contributed by atoms with Crippen molar-refractivity contribution in [2.45, 2.75) is 20.4 Å². The molecule has 0 amide bonds. The molecule has 2 aromatic carbocycles. The molecule has 0 unspecified atom stereocenters. The molecular formula is C20H20N4OS2. The lowest BCUT2D eigenvalue weighted by molar-refractivity contribution is 0.475. The van der Waals surface area contributed by atoms with Crippen LogP contribution in [0.2, 0.25) is 0 Å². The number of nitrogens with one attached hydrogen (secondary N) is 2. The Morgan fingerprint density at radius 3 is 2.56 bits per heavy atom. The molecule has 3 N–H and O–H groups in total. The van der Waals surface area contributed by atoms with Gasteiger partial charge >= 0.3 is 0 Å². The van der Waals surface area contributed by atoms with Gasteiger partial charge in [-0.1, -0.05) is 30.3 Å². The zero-order valence-corrected chi connectivity index (χ0v) is 16.7. The highest BCUT2D eigenvalue weighted by Crippen LogP contribution is 2.29. The van der Waals surface area contributed by atoms with E-state index in [1.807, 2.05) is 56.3 Å². The Bertz CT molecular complexity index is 950. The maximum absolute atomic E-state index is 9.43. The van der Waals surface area contributed by atoms with E-state index in [0.717, 1.165) is 32.4 Å². The van der Waals surface area contributed by atoms with E-state index in [4.69, 9.17) is 12.2 Å². The van der Waals surface area contributed by atoms with Crippen LogP contribution < -0.4 is 10.7 Å². The summed E-state index contributed by atoms with van der Waals surface area (Å²) in [6.45, 7) is 4.53. The summed E-state index contributed by atoms with van der Waals surface area (Å²) in [5, 5.41) is 18.3. The number of nitrogens with zero attached hydrogens (tertiary/aromatic N) is 2. The number of rotatable bonds is 5. The summed E-state index contributed by atoms with van der Waals surface area (Å²) in [6, 6.07) is 17.1. The van der Waals surface area contributed by atoms with Gasteiger partial charge < -0.3 is 10.4 Å². The van der Waals surface area contributed by atoms with Crippen LogP contribution in [0.25, 0.3) is 10.6 Å². The van der Waals surface area contributed by atoms with E-state index in [1.54, 1.807) is 23.5 Å². The SMILES string of the molecule is C/C(=N\NC(=S)NCc1ccccc1)c1sc(-c2ccc(O)cc2)nc1C. The number of aryl methyl sites for hydroxylation is 1. The van der Waals surface area contributed by atoms with E-state index >= 15 is 0 Å². The maximum atomic E-state index is 9.43. The van der Waals surface area contributed by atoms with Crippen LogP contribution in [0.15, 0.2) is 59.7 Å². The fraction of sp³-hybridized carbons (Fsp3) is 0.150. The second-order valence-electron chi connectivity index (χ2n) is 5.96. The minimum Gasteiger partial charge on any atom is -0.508 e. The number of phenols is 1. The van der Waals surface area contributed by atoms with Crippen LogP contribution in [0.4, 0.5) is 0 Å². The Labute approximate surface area is 167 Å². The second-order valence-corrected chi connectivity index (χ2v) is 7.37. The molecule has 0 atom stereocenters. The molecular weight excluding hydrogens is 376 g/mol. The first-order valence-corrected chi connectivity index (χ1v) is 9.64. The molecule has 1 heterocycles. The van der Waals surface area contributed by atoms with Crippen molar-refractivity contribution in [2.24, 2.45) is 5.10 Å². The van der Waals surface area contributed by atoms with Gasteiger partial charge in [-0.25, -0.2) is 4.98 Å². The van der Waals surface area contributed by atoms with Crippen molar-refractivity contribution in [3.63, 3.8) is 0 Å². The molecule has 0 aliphatic rings. The van der Waals surface area contributed by atoms with E-state index in [2.05, 4.69) is 20.8 Å². The van der Waals surface area contributed by atoms with Crippen LogP contribution in [0, 0.1) is 6.92 Å². The third-order valence-corrected chi connectivity index (χ3v) is 5.41. The average Bonchev–Trinajstić information content (AvgIpc) is 3.07. The summed E-state index contributed by atoms with van der Waals surface area (Å²) in [7, 11) is 0. The van der Waals surface area contributed by atoms with Crippen LogP contribution in [0.5, 0.6) is 5.75 Å². The van der Waals surface area contributed by atoms with Gasteiger partial charge in [0.15, 0.2) is 5.11 Å². The van der Waals surface area contributed by atoms with Gasteiger partial charge in [0.2, 0.25) is 0 Å². The lowest BCUT2D eigenvalue weighted by Gasteiger charge is -2.07. The Kier molecular flexibility index (Phi) is 6.16. The van der Waals surface area contributed by atoms with Crippen LogP contribution in [0.3, 0.4) is 0 Å². The molecule has 0 saturated carbocycles. The lowest BCUT2D eigenvalue weighted by atomic mass is 10.2. The quantitative estimate of drug-likeness (QED) is 0.342. The molecule has 0 aliphatic heterocycles. The first-order valence-electron chi connectivity index (χ1n) is 8.42. The topological polar surface area (TPSA) is 69.5 Å². The fourth-order valence-corrected chi connectivity index (χ4v) is 3.60. The molecule has 3 rings (SSSR count). The largest absolute Gasteiger partial charge is 0.508 e. The minimum absolute atomic E-state index is 0.241. The van der Waals surface area contributed by atoms with Crippen molar-refractivity contribution in [2.75, 3.05) is 0 Å². The zero-order valence-electron chi connectivity index (χ0n) is 15.1. The summed E-state index contributed by atoms with van der Waals surface area (Å²) in [5.74, 6) is 0.241. The molecule has 7 heteroatoms. The van der Waals surface area contributed by atoms with E-state index in [9.17, 15) is 5.11 Å². The molecule has 0 saturated heterocycles. The lowest BCUT2D eigenvalue weighted by Crippen LogP contribution is -2.32. The van der Waals surface area contributed by atoms with Gasteiger partial charge in [-0.3, -0.25) is 5.43 Å². The third-order valence-electron chi connectivity index (χ3n) is 3.86. The van der Waals surface area contributed by atoms with Gasteiger partial charge in [-0.05, 0) is 55.9 Å². The highest BCUT2D eigenvalue weighted by molar-refractivity contribution is 7.80. The number of aromatic nitrogens is 1. The number of hydrazone groups is 1. The molecule has 1 aromatic heterocycles. The van der Waals surface area contributed by atoms with Crippen LogP contribution in [-0.2, 0) is 6.54 Å². The summed E-state index contributed by atoms with van der Waals surface area (Å²) < 4.78 is 0. The van der Waals surface area contributed by atoms with Crippen molar-refractivity contribution in [3.05, 3.63) is 70.7 Å². The van der Waals surface area contributed by atoms with Gasteiger partial charge in [0.1, 0.15) is 10.8 Å². The van der Waals surface area contributed by atoms with Crippen molar-refractivity contribution in [1.82, 2.24) is 15.7 Å². The normalized spacial score (nSPS) is 11.3. The van der Waals surface area contributed by atoms with Crippen molar-refractivity contribution in [1.29, 1.82) is 0 Å². The molecule has 0 fully saturated rings. The summed E-state index contributed by atoms with van der Waals surface area (Å²) in [6.07, 6.45) is 0. The molecule has 0 radical (unpaired) electrons. The predicted octanol–water partition coefficient (Wildman–Crippen LogP) is 4.21. The fourth-order valence-electron chi connectivity index (χ4n) is 2.46. The average molecular weight is 397 g/mol. The Balaban J connectivity index is 1.63. The number of phenolic OH excluding ortho intramolecular Hbond substituents is 1. The molecule has 0 spiro atoms. The van der Waals surface area contributed by atoms with Gasteiger partial charge in [0, 0.05) is 12.1 Å². The summed E-state index contributed by atoms with van der Waals surface area (Å²) in [5.41, 5.74) is 6.74. The molecule has 5 nitrogen and oxygen atoms in total. The van der Waals surface area contributed by atoms with Gasteiger partial charge in [0.25, 0.3) is 0 Å². The standard InChI is InChI=1S/C20H20N4OS2/c1-13-18(27-19(22-13)16-8-10-17(25)11-9-16)14(2)23-24-20(26)21-12-15-6-4-3-5-7-15/h3-11,25H,12H2,1-2H3,(H2,21,24,26)/b23-14+. The van der Waals surface area contributed by atoms with E-state index in [0.29, 0.717) is 11.7 Å². The predicted molar refractivity (Wildman–Crippen MR) is 115 cm³/mol. The number of benzene rings is 2. The Hall–Kier alpha value is -2.77. The van der Waals surface area contributed by atoms with Crippen molar-refractivity contribution < 1.29 is 5.11 Å². The number of thiazole rings is 1. The number of aromatic hydroxyl groups is 1. The monoisotopic (exact) mass is 396 g/mol. The van der Waals surface area contributed by atoms with Crippen LogP contribution in [-0.4, -0.2) is 20.9 Å². The number of hydrogen-bond donors (Lipinski definition) is 3. The molecule has 138 valence electrons. The highest BCUT2D eigenvalue weighted by atomic mass is 32.1. The first-order chi connectivity index (χ1) is 13.0. The van der Waals surface area contributed by atoms with Crippen molar-refractivity contribution in [3.8, 4) is 16.3 Å². The summed E-state index contributed by atoms with van der Waals surface area (Å²) in [4.78, 5) is 5.61. The van der Waals surface area contributed by atoms with Crippen molar-refractivity contribution >= 4 is 34.4 Å². The zero-order chi connectivity index (χ0) is 19.2. The first kappa shape index (κ1) is 19.0. The van der Waals surface area contributed by atoms with E-state index in [-0.39, 0.29) is 5.75 Å². The highest BCUT2D eigenvalue weighted by Gasteiger charge is 2.12. The van der Waals surface area contributed by atoms with E-state index < -0.39 is 0 Å². The van der Waals surface area contributed by atoms with E-state index in [1.165, 1.54) is 0 Å². The third kappa shape index (κ3) is 5.12. The number of thiocarbonyl (C=S) groups is 1. The molecule has 0 bridgehead atoms. The van der Waals surface area contributed by atoms with Gasteiger partial charge in [-0.15, -0.1) is 11.3 Å². The minimum atomic E-state index is 0.241. The second kappa shape index (κ2) is 8.75. The van der Waals surface area contributed by atoms with Crippen LogP contribution in [0.1, 0.15) is 23.1 Å². The van der Waals surface area contributed by atoms with Gasteiger partial charge in [0.05, 0.1) is 16.3 Å². The Morgan fingerprint density at radius 1 is 1.15 bits per heavy atom. The van der Waals surface area contributed by atoms with Crippen LogP contribution >= 0.6 is 23.6 Å². The molecule has 0 aliphatic carbocycles. The molecule has 27 heavy (non-hydrogen) atoms. The smallest absolute Gasteiger partial charge is 0.187 e.